The fourth-order valence-electron chi connectivity index (χ4n) is 1.65. The summed E-state index contributed by atoms with van der Waals surface area (Å²) in [4.78, 5) is 1.35. The molecule has 0 spiro atoms. The quantitative estimate of drug-likeness (QED) is 0.588. The summed E-state index contributed by atoms with van der Waals surface area (Å²) >= 11 is 1.91. The predicted molar refractivity (Wildman–Crippen MR) is 82.3 cm³/mol. The molecule has 1 rings (SSSR count). The molecular weight excluding hydrogens is 240 g/mol. The maximum absolute atomic E-state index is 5.92. The van der Waals surface area contributed by atoms with Crippen LogP contribution in [0.15, 0.2) is 29.2 Å². The largest absolute Gasteiger partial charge is 0.324 e. The van der Waals surface area contributed by atoms with Crippen LogP contribution in [0.25, 0.3) is 0 Å². The number of benzene rings is 1. The molecule has 0 aromatic heterocycles. The van der Waals surface area contributed by atoms with E-state index in [1.54, 1.807) is 0 Å². The van der Waals surface area contributed by atoms with Crippen LogP contribution in [-0.4, -0.2) is 23.9 Å². The summed E-state index contributed by atoms with van der Waals surface area (Å²) in [6.45, 7) is 10.4. The van der Waals surface area contributed by atoms with Crippen molar-refractivity contribution >= 4 is 11.8 Å². The molecule has 3 N–H and O–H groups in total. The highest BCUT2D eigenvalue weighted by atomic mass is 32.2. The number of rotatable bonds is 7. The van der Waals surface area contributed by atoms with E-state index in [1.165, 1.54) is 10.5 Å². The van der Waals surface area contributed by atoms with Gasteiger partial charge >= 0.3 is 0 Å². The minimum atomic E-state index is -0.127. The van der Waals surface area contributed by atoms with Crippen molar-refractivity contribution in [1.29, 1.82) is 0 Å². The Labute approximate surface area is 116 Å². The maximum Gasteiger partial charge on any atom is 0.0223 e. The molecule has 18 heavy (non-hydrogen) atoms. The van der Waals surface area contributed by atoms with Crippen LogP contribution in [0.5, 0.6) is 0 Å². The van der Waals surface area contributed by atoms with Gasteiger partial charge in [0.1, 0.15) is 0 Å². The van der Waals surface area contributed by atoms with Crippen molar-refractivity contribution < 1.29 is 0 Å². The molecule has 1 aromatic carbocycles. The highest BCUT2D eigenvalue weighted by Gasteiger charge is 2.08. The van der Waals surface area contributed by atoms with Gasteiger partial charge in [0.15, 0.2) is 0 Å². The molecule has 0 fully saturated rings. The first kappa shape index (κ1) is 15.5. The van der Waals surface area contributed by atoms with Crippen LogP contribution in [0.1, 0.15) is 33.3 Å². The lowest BCUT2D eigenvalue weighted by atomic mass is 10.1. The normalized spacial score (nSPS) is 12.1. The van der Waals surface area contributed by atoms with E-state index in [-0.39, 0.29) is 5.54 Å². The van der Waals surface area contributed by atoms with Gasteiger partial charge in [-0.15, -0.1) is 11.8 Å². The third kappa shape index (κ3) is 7.04. The zero-order valence-corrected chi connectivity index (χ0v) is 12.8. The Morgan fingerprint density at radius 1 is 1.22 bits per heavy atom. The standard InChI is InChI=1S/C15H26N2S/c1-12(2)18-14-7-5-13(6-8-14)9-10-17-11-15(3,4)16/h5-8,12,17H,9-11,16H2,1-4H3. The lowest BCUT2D eigenvalue weighted by Gasteiger charge is -2.18. The summed E-state index contributed by atoms with van der Waals surface area (Å²) in [6, 6.07) is 8.87. The first-order chi connectivity index (χ1) is 8.37. The molecule has 1 aromatic rings. The van der Waals surface area contributed by atoms with Gasteiger partial charge in [0.2, 0.25) is 0 Å². The number of hydrogen-bond acceptors (Lipinski definition) is 3. The van der Waals surface area contributed by atoms with Gasteiger partial charge in [-0.05, 0) is 44.5 Å². The van der Waals surface area contributed by atoms with Crippen LogP contribution < -0.4 is 11.1 Å². The van der Waals surface area contributed by atoms with Gasteiger partial charge in [-0.25, -0.2) is 0 Å². The minimum Gasteiger partial charge on any atom is -0.324 e. The Morgan fingerprint density at radius 3 is 2.33 bits per heavy atom. The average molecular weight is 266 g/mol. The lowest BCUT2D eigenvalue weighted by molar-refractivity contribution is 0.469. The smallest absolute Gasteiger partial charge is 0.0223 e. The molecule has 0 saturated carbocycles. The SMILES string of the molecule is CC(C)Sc1ccc(CCNCC(C)(C)N)cc1. The van der Waals surface area contributed by atoms with Crippen molar-refractivity contribution in [3.05, 3.63) is 29.8 Å². The summed E-state index contributed by atoms with van der Waals surface area (Å²) in [5.74, 6) is 0. The van der Waals surface area contributed by atoms with E-state index < -0.39 is 0 Å². The first-order valence-corrected chi connectivity index (χ1v) is 7.50. The molecule has 0 bridgehead atoms. The summed E-state index contributed by atoms with van der Waals surface area (Å²) < 4.78 is 0. The van der Waals surface area contributed by atoms with Crippen molar-refractivity contribution in [3.63, 3.8) is 0 Å². The number of hydrogen-bond donors (Lipinski definition) is 2. The zero-order chi connectivity index (χ0) is 13.6. The number of thioether (sulfide) groups is 1. The van der Waals surface area contributed by atoms with Crippen LogP contribution in [0.3, 0.4) is 0 Å². The summed E-state index contributed by atoms with van der Waals surface area (Å²) in [7, 11) is 0. The number of nitrogens with one attached hydrogen (secondary N) is 1. The van der Waals surface area contributed by atoms with Crippen LogP contribution >= 0.6 is 11.8 Å². The molecule has 0 amide bonds. The Kier molecular flexibility index (Phi) is 6.19. The molecule has 0 aliphatic heterocycles. The fourth-order valence-corrected chi connectivity index (χ4v) is 2.49. The van der Waals surface area contributed by atoms with Gasteiger partial charge < -0.3 is 11.1 Å². The lowest BCUT2D eigenvalue weighted by Crippen LogP contribution is -2.43. The first-order valence-electron chi connectivity index (χ1n) is 6.62. The molecule has 2 nitrogen and oxygen atoms in total. The highest BCUT2D eigenvalue weighted by molar-refractivity contribution is 7.99. The second kappa shape index (κ2) is 7.17. The summed E-state index contributed by atoms with van der Waals surface area (Å²) in [6.07, 6.45) is 1.06. The molecule has 0 radical (unpaired) electrons. The van der Waals surface area contributed by atoms with Gasteiger partial charge in [-0.1, -0.05) is 26.0 Å². The van der Waals surface area contributed by atoms with Crippen molar-refractivity contribution in [2.24, 2.45) is 5.73 Å². The molecule has 0 atom stereocenters. The second-order valence-corrected chi connectivity index (χ2v) is 7.38. The predicted octanol–water partition coefficient (Wildman–Crippen LogP) is 3.06. The van der Waals surface area contributed by atoms with E-state index in [1.807, 2.05) is 25.6 Å². The average Bonchev–Trinajstić information content (AvgIpc) is 2.24. The molecule has 0 saturated heterocycles. The van der Waals surface area contributed by atoms with Crippen molar-refractivity contribution in [2.45, 2.75) is 49.8 Å². The molecule has 3 heteroatoms. The Hall–Kier alpha value is -0.510. The second-order valence-electron chi connectivity index (χ2n) is 5.73. The molecule has 0 aliphatic carbocycles. The minimum absolute atomic E-state index is 0.127. The summed E-state index contributed by atoms with van der Waals surface area (Å²) in [5.41, 5.74) is 7.17. The Morgan fingerprint density at radius 2 is 1.83 bits per heavy atom. The van der Waals surface area contributed by atoms with Crippen molar-refractivity contribution in [3.8, 4) is 0 Å². The zero-order valence-electron chi connectivity index (χ0n) is 12.0. The van der Waals surface area contributed by atoms with Crippen molar-refractivity contribution in [1.82, 2.24) is 5.32 Å². The Balaban J connectivity index is 2.31. The molecule has 102 valence electrons. The number of nitrogens with two attached hydrogens (primary N) is 1. The van der Waals surface area contributed by atoms with E-state index in [2.05, 4.69) is 43.4 Å². The van der Waals surface area contributed by atoms with E-state index in [0.29, 0.717) is 5.25 Å². The highest BCUT2D eigenvalue weighted by Crippen LogP contribution is 2.22. The van der Waals surface area contributed by atoms with Gasteiger partial charge in [0, 0.05) is 22.2 Å². The topological polar surface area (TPSA) is 38.0 Å². The molecule has 0 aliphatic rings. The third-order valence-electron chi connectivity index (χ3n) is 2.47. The van der Waals surface area contributed by atoms with E-state index in [9.17, 15) is 0 Å². The van der Waals surface area contributed by atoms with E-state index in [4.69, 9.17) is 5.73 Å². The molecule has 0 heterocycles. The fraction of sp³-hybridized carbons (Fsp3) is 0.600. The van der Waals surface area contributed by atoms with Gasteiger partial charge in [-0.2, -0.15) is 0 Å². The van der Waals surface area contributed by atoms with Crippen molar-refractivity contribution in [2.75, 3.05) is 13.1 Å². The van der Waals surface area contributed by atoms with E-state index in [0.717, 1.165) is 19.5 Å². The van der Waals surface area contributed by atoms with E-state index >= 15 is 0 Å². The Bertz CT molecular complexity index is 339. The van der Waals surface area contributed by atoms with Gasteiger partial charge in [-0.3, -0.25) is 0 Å². The van der Waals surface area contributed by atoms with Gasteiger partial charge in [0.05, 0.1) is 0 Å². The molecule has 0 unspecified atom stereocenters. The van der Waals surface area contributed by atoms with Crippen LogP contribution in [0, 0.1) is 0 Å². The van der Waals surface area contributed by atoms with Crippen LogP contribution in [0.2, 0.25) is 0 Å². The summed E-state index contributed by atoms with van der Waals surface area (Å²) in [5, 5.41) is 4.03. The third-order valence-corrected chi connectivity index (χ3v) is 3.48. The molecular formula is C15H26N2S. The van der Waals surface area contributed by atoms with Gasteiger partial charge in [0.25, 0.3) is 0 Å². The van der Waals surface area contributed by atoms with Crippen LogP contribution in [-0.2, 0) is 6.42 Å². The maximum atomic E-state index is 5.92. The monoisotopic (exact) mass is 266 g/mol. The van der Waals surface area contributed by atoms with Crippen LogP contribution in [0.4, 0.5) is 0 Å².